The number of likely N-dealkylation sites (tertiary alicyclic amines) is 1. The number of rotatable bonds is 5. The number of aryl methyl sites for hydroxylation is 1. The number of aromatic amines is 1. The second kappa shape index (κ2) is 7.84. The molecule has 1 saturated heterocycles. The lowest BCUT2D eigenvalue weighted by molar-refractivity contribution is 0.0927. The van der Waals surface area contributed by atoms with Crippen molar-refractivity contribution in [2.45, 2.75) is 71.0 Å². The summed E-state index contributed by atoms with van der Waals surface area (Å²) < 4.78 is 2.24. The molecule has 2 N–H and O–H groups in total. The van der Waals surface area contributed by atoms with Crippen molar-refractivity contribution in [1.29, 1.82) is 0 Å². The third-order valence-corrected chi connectivity index (χ3v) is 5.85. The van der Waals surface area contributed by atoms with Crippen molar-refractivity contribution < 1.29 is 4.79 Å². The van der Waals surface area contributed by atoms with Crippen LogP contribution in [0, 0.1) is 0 Å². The fourth-order valence-corrected chi connectivity index (χ4v) is 4.36. The van der Waals surface area contributed by atoms with Crippen molar-refractivity contribution in [2.75, 3.05) is 13.1 Å². The highest BCUT2D eigenvalue weighted by Crippen LogP contribution is 2.23. The van der Waals surface area contributed by atoms with Crippen LogP contribution in [0.25, 0.3) is 0 Å². The van der Waals surface area contributed by atoms with E-state index in [0.29, 0.717) is 11.7 Å². The number of nitrogens with one attached hydrogen (secondary N) is 2. The minimum absolute atomic E-state index is 0.0109. The number of hydrogen-bond acceptors (Lipinski definition) is 4. The lowest BCUT2D eigenvalue weighted by Crippen LogP contribution is -2.36. The normalized spacial score (nSPS) is 20.6. The smallest absolute Gasteiger partial charge is 0.272 e. The molecule has 0 radical (unpaired) electrons. The van der Waals surface area contributed by atoms with Crippen molar-refractivity contribution >= 4 is 5.91 Å². The molecule has 1 fully saturated rings. The van der Waals surface area contributed by atoms with Gasteiger partial charge in [-0.25, -0.2) is 4.98 Å². The molecule has 1 unspecified atom stereocenters. The molecule has 7 heteroatoms. The Morgan fingerprint density at radius 3 is 3.04 bits per heavy atom. The Balaban J connectivity index is 1.33. The molecule has 7 nitrogen and oxygen atoms in total. The number of carbonyl (C=O) groups excluding carboxylic acids is 1. The van der Waals surface area contributed by atoms with Gasteiger partial charge in [0.2, 0.25) is 0 Å². The summed E-state index contributed by atoms with van der Waals surface area (Å²) in [6.45, 7) is 7.28. The number of imidazole rings is 1. The first-order valence-electron chi connectivity index (χ1n) is 10.2. The summed E-state index contributed by atoms with van der Waals surface area (Å²) in [6, 6.07) is 0.651. The predicted molar refractivity (Wildman–Crippen MR) is 104 cm³/mol. The lowest BCUT2D eigenvalue weighted by atomic mass is 10.1. The van der Waals surface area contributed by atoms with Crippen LogP contribution in [0.1, 0.15) is 73.1 Å². The zero-order valence-electron chi connectivity index (χ0n) is 16.4. The second-order valence-corrected chi connectivity index (χ2v) is 8.10. The number of aromatic nitrogens is 4. The maximum absolute atomic E-state index is 12.7. The zero-order valence-corrected chi connectivity index (χ0v) is 16.4. The zero-order chi connectivity index (χ0) is 18.8. The molecule has 2 aliphatic rings. The van der Waals surface area contributed by atoms with Gasteiger partial charge in [0.05, 0.1) is 6.54 Å². The minimum Gasteiger partial charge on any atom is -0.348 e. The van der Waals surface area contributed by atoms with Crippen molar-refractivity contribution in [3.63, 3.8) is 0 Å². The van der Waals surface area contributed by atoms with Crippen LogP contribution < -0.4 is 5.32 Å². The van der Waals surface area contributed by atoms with Gasteiger partial charge in [-0.3, -0.25) is 14.8 Å². The van der Waals surface area contributed by atoms with E-state index < -0.39 is 0 Å². The van der Waals surface area contributed by atoms with Crippen molar-refractivity contribution in [3.8, 4) is 0 Å². The average molecular weight is 371 g/mol. The van der Waals surface area contributed by atoms with Gasteiger partial charge in [0, 0.05) is 42.3 Å². The van der Waals surface area contributed by atoms with Crippen LogP contribution >= 0.6 is 0 Å². The Labute approximate surface area is 160 Å². The van der Waals surface area contributed by atoms with Gasteiger partial charge in [-0.15, -0.1) is 0 Å². The molecular weight excluding hydrogens is 340 g/mol. The van der Waals surface area contributed by atoms with E-state index in [1.807, 2.05) is 6.20 Å². The van der Waals surface area contributed by atoms with Gasteiger partial charge in [-0.05, 0) is 58.9 Å². The summed E-state index contributed by atoms with van der Waals surface area (Å²) in [5, 5.41) is 10.5. The highest BCUT2D eigenvalue weighted by molar-refractivity contribution is 5.94. The van der Waals surface area contributed by atoms with Crippen LogP contribution in [0.15, 0.2) is 12.4 Å². The molecule has 1 atom stereocenters. The molecule has 0 spiro atoms. The van der Waals surface area contributed by atoms with Gasteiger partial charge in [0.15, 0.2) is 5.69 Å². The minimum atomic E-state index is -0.0109. The van der Waals surface area contributed by atoms with Gasteiger partial charge < -0.3 is 9.88 Å². The fourth-order valence-electron chi connectivity index (χ4n) is 4.36. The van der Waals surface area contributed by atoms with Gasteiger partial charge in [-0.2, -0.15) is 5.10 Å². The van der Waals surface area contributed by atoms with Gasteiger partial charge in [0.25, 0.3) is 5.91 Å². The molecule has 3 heterocycles. The molecule has 2 aromatic heterocycles. The SMILES string of the molecule is CC(C)n1ccnc1CN1CCCC(NC(=O)c2n[nH]c3c2CCC3)CC1. The van der Waals surface area contributed by atoms with Gasteiger partial charge in [-0.1, -0.05) is 0 Å². The Bertz CT molecular complexity index is 792. The first-order valence-corrected chi connectivity index (χ1v) is 10.2. The summed E-state index contributed by atoms with van der Waals surface area (Å²) in [4.78, 5) is 19.7. The highest BCUT2D eigenvalue weighted by atomic mass is 16.2. The van der Waals surface area contributed by atoms with Crippen LogP contribution in [-0.2, 0) is 19.4 Å². The van der Waals surface area contributed by atoms with E-state index in [-0.39, 0.29) is 11.9 Å². The lowest BCUT2D eigenvalue weighted by Gasteiger charge is -2.21. The number of nitrogens with zero attached hydrogens (tertiary/aromatic N) is 4. The maximum atomic E-state index is 12.7. The van der Waals surface area contributed by atoms with Crippen molar-refractivity contribution in [3.05, 3.63) is 35.2 Å². The Kier molecular flexibility index (Phi) is 5.29. The number of amides is 1. The van der Waals surface area contributed by atoms with Crippen molar-refractivity contribution in [2.24, 2.45) is 0 Å². The highest BCUT2D eigenvalue weighted by Gasteiger charge is 2.26. The average Bonchev–Trinajstić information content (AvgIpc) is 3.32. The third kappa shape index (κ3) is 3.93. The number of hydrogen-bond donors (Lipinski definition) is 2. The molecular formula is C20H30N6O. The first kappa shape index (κ1) is 18.2. The summed E-state index contributed by atoms with van der Waals surface area (Å²) >= 11 is 0. The number of carbonyl (C=O) groups is 1. The van der Waals surface area contributed by atoms with Crippen LogP contribution in [0.3, 0.4) is 0 Å². The topological polar surface area (TPSA) is 78.8 Å². The van der Waals surface area contributed by atoms with Crippen LogP contribution in [0.5, 0.6) is 0 Å². The van der Waals surface area contributed by atoms with E-state index >= 15 is 0 Å². The standard InChI is InChI=1S/C20H30N6O/c1-14(2)26-12-9-21-18(26)13-25-10-4-5-15(8-11-25)22-20(27)19-16-6-3-7-17(16)23-24-19/h9,12,14-15H,3-8,10-11,13H2,1-2H3,(H,22,27)(H,23,24). The largest absolute Gasteiger partial charge is 0.348 e. The monoisotopic (exact) mass is 370 g/mol. The Hall–Kier alpha value is -2.15. The molecule has 0 saturated carbocycles. The predicted octanol–water partition coefficient (Wildman–Crippen LogP) is 2.46. The first-order chi connectivity index (χ1) is 13.1. The molecule has 27 heavy (non-hydrogen) atoms. The van der Waals surface area contributed by atoms with Crippen LogP contribution in [-0.4, -0.2) is 49.7 Å². The van der Waals surface area contributed by atoms with E-state index in [9.17, 15) is 4.79 Å². The Morgan fingerprint density at radius 1 is 1.30 bits per heavy atom. The van der Waals surface area contributed by atoms with E-state index in [1.54, 1.807) is 0 Å². The van der Waals surface area contributed by atoms with Crippen LogP contribution in [0.2, 0.25) is 0 Å². The van der Waals surface area contributed by atoms with E-state index in [1.165, 1.54) is 0 Å². The molecule has 4 rings (SSSR count). The number of H-pyrrole nitrogens is 1. The summed E-state index contributed by atoms with van der Waals surface area (Å²) in [7, 11) is 0. The Morgan fingerprint density at radius 2 is 2.19 bits per heavy atom. The molecule has 0 bridgehead atoms. The third-order valence-electron chi connectivity index (χ3n) is 5.85. The van der Waals surface area contributed by atoms with Gasteiger partial charge in [0.1, 0.15) is 5.82 Å². The molecule has 1 amide bonds. The second-order valence-electron chi connectivity index (χ2n) is 8.10. The van der Waals surface area contributed by atoms with E-state index in [0.717, 1.165) is 75.2 Å². The van der Waals surface area contributed by atoms with E-state index in [2.05, 4.69) is 50.0 Å². The number of fused-ring (bicyclic) bond motifs is 1. The molecule has 1 aliphatic carbocycles. The summed E-state index contributed by atoms with van der Waals surface area (Å²) in [5.41, 5.74) is 2.89. The van der Waals surface area contributed by atoms with E-state index in [4.69, 9.17) is 0 Å². The quantitative estimate of drug-likeness (QED) is 0.847. The molecule has 2 aromatic rings. The molecule has 0 aromatic carbocycles. The maximum Gasteiger partial charge on any atom is 0.272 e. The molecule has 146 valence electrons. The summed E-state index contributed by atoms with van der Waals surface area (Å²) in [5.74, 6) is 1.11. The van der Waals surface area contributed by atoms with Crippen LogP contribution in [0.4, 0.5) is 0 Å². The fraction of sp³-hybridized carbons (Fsp3) is 0.650. The summed E-state index contributed by atoms with van der Waals surface area (Å²) in [6.07, 6.45) is 10.1. The molecule has 1 aliphatic heterocycles. The van der Waals surface area contributed by atoms with Crippen molar-refractivity contribution in [1.82, 2.24) is 30.0 Å². The van der Waals surface area contributed by atoms with Gasteiger partial charge >= 0.3 is 0 Å².